The molecule has 6 nitrogen and oxygen atoms in total. The van der Waals surface area contributed by atoms with Crippen molar-refractivity contribution >= 4 is 11.7 Å². The molecule has 6 heteroatoms. The van der Waals surface area contributed by atoms with Crippen molar-refractivity contribution in [3.8, 4) is 0 Å². The number of hydrogen-bond acceptors (Lipinski definition) is 5. The lowest BCUT2D eigenvalue weighted by Gasteiger charge is -2.58. The maximum absolute atomic E-state index is 13.2. The van der Waals surface area contributed by atoms with Gasteiger partial charge in [0.1, 0.15) is 12.1 Å². The molecular formula is C33H50N4O2. The van der Waals surface area contributed by atoms with Crippen LogP contribution in [-0.2, 0) is 4.79 Å². The minimum atomic E-state index is -0.124. The fraction of sp³-hybridized carbons (Fsp3) is 0.788. The molecule has 1 saturated heterocycles. The summed E-state index contributed by atoms with van der Waals surface area (Å²) in [4.78, 5) is 26.2. The number of rotatable bonds is 5. The van der Waals surface area contributed by atoms with Crippen LogP contribution >= 0.6 is 0 Å². The van der Waals surface area contributed by atoms with Crippen LogP contribution in [0, 0.1) is 47.3 Å². The lowest BCUT2D eigenvalue weighted by Crippen LogP contribution is -2.51. The Hall–Kier alpha value is -1.95. The highest BCUT2D eigenvalue weighted by Crippen LogP contribution is 2.67. The third-order valence-corrected chi connectivity index (χ3v) is 12.4. The lowest BCUT2D eigenvalue weighted by molar-refractivity contribution is -0.132. The fourth-order valence-corrected chi connectivity index (χ4v) is 10.1. The van der Waals surface area contributed by atoms with E-state index in [4.69, 9.17) is 0 Å². The Balaban J connectivity index is 1.04. The van der Waals surface area contributed by atoms with Crippen LogP contribution in [0.4, 0.5) is 5.82 Å². The zero-order valence-electron chi connectivity index (χ0n) is 24.7. The molecule has 1 aromatic heterocycles. The number of hydrogen-bond donors (Lipinski definition) is 1. The first-order valence-corrected chi connectivity index (χ1v) is 15.9. The number of anilines is 1. The lowest BCUT2D eigenvalue weighted by atomic mass is 9.47. The molecule has 1 aromatic rings. The summed E-state index contributed by atoms with van der Waals surface area (Å²) < 4.78 is 0. The van der Waals surface area contributed by atoms with Crippen molar-refractivity contribution in [1.29, 1.82) is 0 Å². The molecule has 0 unspecified atom stereocenters. The number of aromatic nitrogens is 2. The van der Waals surface area contributed by atoms with Crippen LogP contribution in [0.5, 0.6) is 0 Å². The van der Waals surface area contributed by atoms with E-state index < -0.39 is 0 Å². The van der Waals surface area contributed by atoms with E-state index >= 15 is 0 Å². The number of amides is 1. The van der Waals surface area contributed by atoms with E-state index in [0.29, 0.717) is 29.1 Å². The van der Waals surface area contributed by atoms with Gasteiger partial charge in [0.2, 0.25) is 5.91 Å². The first kappa shape index (κ1) is 27.2. The monoisotopic (exact) mass is 534 g/mol. The van der Waals surface area contributed by atoms with Gasteiger partial charge >= 0.3 is 0 Å². The Labute approximate surface area is 235 Å². The minimum Gasteiger partial charge on any atom is -0.393 e. The molecule has 6 rings (SSSR count). The Kier molecular flexibility index (Phi) is 7.31. The summed E-state index contributed by atoms with van der Waals surface area (Å²) in [6.07, 6.45) is 15.4. The number of aliphatic hydroxyl groups is 1. The van der Waals surface area contributed by atoms with E-state index in [1.165, 1.54) is 38.5 Å². The van der Waals surface area contributed by atoms with Crippen molar-refractivity contribution in [3.63, 3.8) is 0 Å². The number of allylic oxidation sites excluding steroid dienone is 1. The van der Waals surface area contributed by atoms with Gasteiger partial charge in [-0.1, -0.05) is 32.4 Å². The highest BCUT2D eigenvalue weighted by molar-refractivity contribution is 5.76. The predicted octanol–water partition coefficient (Wildman–Crippen LogP) is 5.79. The largest absolute Gasteiger partial charge is 0.393 e. The number of fused-ring (bicyclic) bond motifs is 5. The maximum atomic E-state index is 13.2. The molecule has 0 radical (unpaired) electrons. The number of aryl methyl sites for hydroxylation is 1. The van der Waals surface area contributed by atoms with E-state index in [1.807, 2.05) is 13.0 Å². The third kappa shape index (κ3) is 4.83. The summed E-state index contributed by atoms with van der Waals surface area (Å²) in [6, 6.07) is 2.03. The zero-order valence-corrected chi connectivity index (χ0v) is 24.7. The molecule has 3 saturated carbocycles. The molecule has 39 heavy (non-hydrogen) atoms. The van der Waals surface area contributed by atoms with Gasteiger partial charge in [-0.2, -0.15) is 0 Å². The number of carbonyl (C=O) groups excluding carboxylic acids is 1. The summed E-state index contributed by atoms with van der Waals surface area (Å²) in [7, 11) is 0. The van der Waals surface area contributed by atoms with Crippen molar-refractivity contribution in [2.24, 2.45) is 40.4 Å². The number of aliphatic hydroxyl groups excluding tert-OH is 1. The molecule has 1 N–H and O–H groups in total. The van der Waals surface area contributed by atoms with Gasteiger partial charge in [-0.15, -0.1) is 0 Å². The highest BCUT2D eigenvalue weighted by atomic mass is 16.3. The number of piperazine rings is 1. The minimum absolute atomic E-state index is 0.124. The molecule has 0 aromatic carbocycles. The van der Waals surface area contributed by atoms with Gasteiger partial charge in [0.25, 0.3) is 0 Å². The Morgan fingerprint density at radius 3 is 2.64 bits per heavy atom. The van der Waals surface area contributed by atoms with Crippen molar-refractivity contribution in [1.82, 2.24) is 14.9 Å². The van der Waals surface area contributed by atoms with E-state index in [1.54, 1.807) is 11.9 Å². The quantitative estimate of drug-likeness (QED) is 0.484. The van der Waals surface area contributed by atoms with Crippen LogP contribution in [0.3, 0.4) is 0 Å². The van der Waals surface area contributed by atoms with Crippen molar-refractivity contribution in [2.45, 2.75) is 98.0 Å². The summed E-state index contributed by atoms with van der Waals surface area (Å²) in [5, 5.41) is 10.3. The summed E-state index contributed by atoms with van der Waals surface area (Å²) in [5.74, 6) is 5.06. The smallest absolute Gasteiger partial charge is 0.222 e. The highest BCUT2D eigenvalue weighted by Gasteiger charge is 2.59. The van der Waals surface area contributed by atoms with Gasteiger partial charge < -0.3 is 14.9 Å². The van der Waals surface area contributed by atoms with Crippen molar-refractivity contribution < 1.29 is 9.90 Å². The van der Waals surface area contributed by atoms with Crippen LogP contribution < -0.4 is 4.90 Å². The van der Waals surface area contributed by atoms with E-state index in [-0.39, 0.29) is 6.10 Å². The molecule has 4 fully saturated rings. The average molecular weight is 535 g/mol. The van der Waals surface area contributed by atoms with Gasteiger partial charge in [0.05, 0.1) is 6.10 Å². The first-order valence-electron chi connectivity index (χ1n) is 15.9. The molecule has 0 spiro atoms. The molecule has 0 bridgehead atoms. The summed E-state index contributed by atoms with van der Waals surface area (Å²) in [5.41, 5.74) is 3.29. The van der Waals surface area contributed by atoms with Crippen molar-refractivity contribution in [2.75, 3.05) is 31.1 Å². The van der Waals surface area contributed by atoms with Crippen LogP contribution in [0.2, 0.25) is 0 Å². The maximum Gasteiger partial charge on any atom is 0.222 e. The molecule has 5 aliphatic rings. The molecule has 1 amide bonds. The number of carbonyl (C=O) groups is 1. The first-order chi connectivity index (χ1) is 18.7. The van der Waals surface area contributed by atoms with Crippen LogP contribution in [0.1, 0.15) is 90.7 Å². The molecule has 4 aliphatic carbocycles. The third-order valence-electron chi connectivity index (χ3n) is 12.4. The SMILES string of the molecule is Cc1cc(N2CCN(C(=O)CC[C@@H](C)[C@H]3CC[C@H]4[C@@H]5CC=C6C[C@@H](O)CC[C@]6(C)[C@H]5CC[C@]34C)CC2)ncn1. The Morgan fingerprint density at radius 2 is 1.87 bits per heavy atom. The second kappa shape index (κ2) is 10.5. The zero-order chi connectivity index (χ0) is 27.4. The van der Waals surface area contributed by atoms with Crippen LogP contribution in [-0.4, -0.2) is 58.2 Å². The number of nitrogens with zero attached hydrogens (tertiary/aromatic N) is 4. The topological polar surface area (TPSA) is 69.6 Å². The van der Waals surface area contributed by atoms with E-state index in [0.717, 1.165) is 80.6 Å². The molecule has 1 aliphatic heterocycles. The van der Waals surface area contributed by atoms with E-state index in [9.17, 15) is 9.90 Å². The van der Waals surface area contributed by atoms with Crippen LogP contribution in [0.15, 0.2) is 24.0 Å². The van der Waals surface area contributed by atoms with Gasteiger partial charge in [0, 0.05) is 44.4 Å². The Morgan fingerprint density at radius 1 is 1.08 bits per heavy atom. The molecular weight excluding hydrogens is 484 g/mol. The van der Waals surface area contributed by atoms with E-state index in [2.05, 4.69) is 46.6 Å². The second-order valence-electron chi connectivity index (χ2n) is 14.3. The van der Waals surface area contributed by atoms with Gasteiger partial charge in [-0.25, -0.2) is 9.97 Å². The van der Waals surface area contributed by atoms with Crippen molar-refractivity contribution in [3.05, 3.63) is 29.7 Å². The predicted molar refractivity (Wildman–Crippen MR) is 155 cm³/mol. The van der Waals surface area contributed by atoms with Gasteiger partial charge in [0.15, 0.2) is 0 Å². The van der Waals surface area contributed by atoms with Gasteiger partial charge in [-0.3, -0.25) is 4.79 Å². The fourth-order valence-electron chi connectivity index (χ4n) is 10.1. The normalized spacial score (nSPS) is 38.9. The summed E-state index contributed by atoms with van der Waals surface area (Å²) >= 11 is 0. The Bertz CT molecular complexity index is 1100. The average Bonchev–Trinajstić information content (AvgIpc) is 3.29. The van der Waals surface area contributed by atoms with Crippen LogP contribution in [0.25, 0.3) is 0 Å². The molecule has 214 valence electrons. The summed E-state index contributed by atoms with van der Waals surface area (Å²) in [6.45, 7) is 12.8. The molecule has 2 heterocycles. The standard InChI is InChI=1S/C33H50N4O2/c1-22(5-10-31(39)37-17-15-36(16-18-37)30-19-23(2)34-21-35-30)27-8-9-28-26-7-6-24-20-25(38)11-13-32(24,3)29(26)12-14-33(27,28)4/h6,19,21-22,25-29,38H,5,7-18,20H2,1-4H3/t22-,25+,26+,27-,28+,29+,32+,33-/m1/s1. The second-order valence-corrected chi connectivity index (χ2v) is 14.3. The van der Waals surface area contributed by atoms with Gasteiger partial charge in [-0.05, 0) is 105 Å². The molecule has 8 atom stereocenters.